The summed E-state index contributed by atoms with van der Waals surface area (Å²) in [5.41, 5.74) is 4.14. The van der Waals surface area contributed by atoms with Crippen LogP contribution in [0, 0.1) is 26.7 Å². The largest absolute Gasteiger partial charge is 0.338 e. The highest BCUT2D eigenvalue weighted by atomic mass is 35.5. The van der Waals surface area contributed by atoms with E-state index in [4.69, 9.17) is 11.6 Å². The summed E-state index contributed by atoms with van der Waals surface area (Å²) in [6, 6.07) is 11.9. The van der Waals surface area contributed by atoms with Crippen LogP contribution in [0.3, 0.4) is 0 Å². The zero-order valence-corrected chi connectivity index (χ0v) is 19.9. The molecular weight excluding hydrogens is 438 g/mol. The first-order valence-corrected chi connectivity index (χ1v) is 11.5. The van der Waals surface area contributed by atoms with Crippen LogP contribution in [0.4, 0.5) is 5.82 Å². The lowest BCUT2D eigenvalue weighted by molar-refractivity contribution is -0.121. The molecule has 0 spiro atoms. The van der Waals surface area contributed by atoms with Gasteiger partial charge in [-0.1, -0.05) is 47.5 Å². The second-order valence-electron chi connectivity index (χ2n) is 8.64. The van der Waals surface area contributed by atoms with E-state index >= 15 is 0 Å². The molecule has 2 amide bonds. The summed E-state index contributed by atoms with van der Waals surface area (Å²) in [7, 11) is 0. The molecule has 4 rings (SSSR count). The number of aryl methyl sites for hydroxylation is 3. The van der Waals surface area contributed by atoms with Gasteiger partial charge in [-0.15, -0.1) is 0 Å². The standard InChI is InChI=1S/C25H28ClN5O2/c1-16-8-10-19(11-9-16)14-31-22(26)21(18(3)29-31)25(33)30-13-5-7-20(15-30)24(32)28-23-17(2)6-4-12-27-23/h4,6,8-12,20H,5,7,13-15H2,1-3H3,(H,27,28,32). The number of piperidine rings is 1. The lowest BCUT2D eigenvalue weighted by atomic mass is 9.96. The van der Waals surface area contributed by atoms with Gasteiger partial charge in [-0.05, 0) is 50.8 Å². The molecule has 0 aliphatic carbocycles. The van der Waals surface area contributed by atoms with Crippen molar-refractivity contribution >= 4 is 29.2 Å². The highest BCUT2D eigenvalue weighted by molar-refractivity contribution is 6.33. The molecule has 1 aliphatic rings. The van der Waals surface area contributed by atoms with Crippen molar-refractivity contribution in [2.45, 2.75) is 40.2 Å². The van der Waals surface area contributed by atoms with Crippen molar-refractivity contribution in [3.63, 3.8) is 0 Å². The van der Waals surface area contributed by atoms with E-state index in [-0.39, 0.29) is 17.7 Å². The average molecular weight is 466 g/mol. The number of carbonyl (C=O) groups excluding carboxylic acids is 2. The summed E-state index contributed by atoms with van der Waals surface area (Å²) in [5.74, 6) is -0.0423. The Hall–Kier alpha value is -3.19. The highest BCUT2D eigenvalue weighted by Crippen LogP contribution is 2.26. The summed E-state index contributed by atoms with van der Waals surface area (Å²) in [4.78, 5) is 32.2. The summed E-state index contributed by atoms with van der Waals surface area (Å²) in [5, 5.41) is 7.75. The van der Waals surface area contributed by atoms with Gasteiger partial charge in [0.15, 0.2) is 0 Å². The van der Waals surface area contributed by atoms with Crippen LogP contribution in [0.2, 0.25) is 5.15 Å². The van der Waals surface area contributed by atoms with Gasteiger partial charge in [-0.3, -0.25) is 9.59 Å². The van der Waals surface area contributed by atoms with Crippen LogP contribution in [-0.4, -0.2) is 44.6 Å². The molecule has 0 saturated carbocycles. The minimum atomic E-state index is -0.300. The number of pyridine rings is 1. The fraction of sp³-hybridized carbons (Fsp3) is 0.360. The van der Waals surface area contributed by atoms with Gasteiger partial charge in [-0.2, -0.15) is 5.10 Å². The lowest BCUT2D eigenvalue weighted by Crippen LogP contribution is -2.44. The summed E-state index contributed by atoms with van der Waals surface area (Å²) in [6.07, 6.45) is 3.12. The van der Waals surface area contributed by atoms with E-state index in [0.29, 0.717) is 41.9 Å². The van der Waals surface area contributed by atoms with Gasteiger partial charge in [0.1, 0.15) is 11.0 Å². The van der Waals surface area contributed by atoms with Crippen molar-refractivity contribution in [2.24, 2.45) is 5.92 Å². The molecule has 1 N–H and O–H groups in total. The van der Waals surface area contributed by atoms with E-state index in [1.165, 1.54) is 5.56 Å². The smallest absolute Gasteiger partial charge is 0.258 e. The third-order valence-corrected chi connectivity index (χ3v) is 6.45. The van der Waals surface area contributed by atoms with Crippen molar-refractivity contribution in [3.8, 4) is 0 Å². The Kier molecular flexibility index (Phi) is 6.79. The molecule has 1 atom stereocenters. The van der Waals surface area contributed by atoms with E-state index < -0.39 is 0 Å². The molecule has 1 aromatic carbocycles. The Balaban J connectivity index is 1.47. The number of carbonyl (C=O) groups is 2. The zero-order valence-electron chi connectivity index (χ0n) is 19.1. The van der Waals surface area contributed by atoms with Crippen molar-refractivity contribution in [2.75, 3.05) is 18.4 Å². The summed E-state index contributed by atoms with van der Waals surface area (Å²) in [6.45, 7) is 7.15. The van der Waals surface area contributed by atoms with Gasteiger partial charge in [0.05, 0.1) is 23.7 Å². The molecule has 2 aromatic heterocycles. The van der Waals surface area contributed by atoms with Crippen molar-refractivity contribution < 1.29 is 9.59 Å². The number of nitrogens with zero attached hydrogens (tertiary/aromatic N) is 4. The molecule has 1 unspecified atom stereocenters. The predicted octanol–water partition coefficient (Wildman–Crippen LogP) is 4.40. The van der Waals surface area contributed by atoms with Crippen LogP contribution in [0.25, 0.3) is 0 Å². The average Bonchev–Trinajstić information content (AvgIpc) is 3.09. The van der Waals surface area contributed by atoms with Crippen LogP contribution in [-0.2, 0) is 11.3 Å². The van der Waals surface area contributed by atoms with Crippen molar-refractivity contribution in [1.29, 1.82) is 0 Å². The number of halogens is 1. The van der Waals surface area contributed by atoms with E-state index in [1.54, 1.807) is 22.7 Å². The fourth-order valence-electron chi connectivity index (χ4n) is 4.14. The van der Waals surface area contributed by atoms with Crippen LogP contribution >= 0.6 is 11.6 Å². The van der Waals surface area contributed by atoms with Gasteiger partial charge < -0.3 is 10.2 Å². The molecular formula is C25H28ClN5O2. The number of hydrogen-bond donors (Lipinski definition) is 1. The van der Waals surface area contributed by atoms with Gasteiger partial charge in [0.25, 0.3) is 5.91 Å². The first-order chi connectivity index (χ1) is 15.8. The highest BCUT2D eigenvalue weighted by Gasteiger charge is 2.32. The minimum absolute atomic E-state index is 0.118. The van der Waals surface area contributed by atoms with E-state index in [0.717, 1.165) is 24.0 Å². The first-order valence-electron chi connectivity index (χ1n) is 11.1. The number of anilines is 1. The quantitative estimate of drug-likeness (QED) is 0.605. The Bertz CT molecular complexity index is 1170. The third-order valence-electron chi connectivity index (χ3n) is 6.06. The monoisotopic (exact) mass is 465 g/mol. The molecule has 33 heavy (non-hydrogen) atoms. The Morgan fingerprint density at radius 2 is 1.91 bits per heavy atom. The molecule has 0 bridgehead atoms. The maximum Gasteiger partial charge on any atom is 0.258 e. The number of likely N-dealkylation sites (tertiary alicyclic amines) is 1. The van der Waals surface area contributed by atoms with Crippen LogP contribution in [0.15, 0.2) is 42.6 Å². The van der Waals surface area contributed by atoms with Crippen LogP contribution < -0.4 is 5.32 Å². The minimum Gasteiger partial charge on any atom is -0.338 e. The molecule has 172 valence electrons. The molecule has 8 heteroatoms. The number of nitrogens with one attached hydrogen (secondary N) is 1. The van der Waals surface area contributed by atoms with Crippen LogP contribution in [0.5, 0.6) is 0 Å². The van der Waals surface area contributed by atoms with Gasteiger partial charge in [0, 0.05) is 19.3 Å². The SMILES string of the molecule is Cc1ccc(Cn2nc(C)c(C(=O)N3CCCC(C(=O)Nc4ncccc4C)C3)c2Cl)cc1. The number of aromatic nitrogens is 3. The fourth-order valence-corrected chi connectivity index (χ4v) is 4.45. The molecule has 7 nitrogen and oxygen atoms in total. The number of hydrogen-bond acceptors (Lipinski definition) is 4. The molecule has 1 fully saturated rings. The summed E-state index contributed by atoms with van der Waals surface area (Å²) >= 11 is 6.61. The third kappa shape index (κ3) is 5.09. The van der Waals surface area contributed by atoms with Crippen molar-refractivity contribution in [1.82, 2.24) is 19.7 Å². The van der Waals surface area contributed by atoms with Crippen LogP contribution in [0.1, 0.15) is 45.6 Å². The number of amides is 2. The van der Waals surface area contributed by atoms with E-state index in [2.05, 4.69) is 15.4 Å². The Labute approximate surface area is 198 Å². The topological polar surface area (TPSA) is 80.1 Å². The maximum absolute atomic E-state index is 13.4. The Morgan fingerprint density at radius 3 is 2.64 bits per heavy atom. The maximum atomic E-state index is 13.4. The lowest BCUT2D eigenvalue weighted by Gasteiger charge is -2.32. The normalized spacial score (nSPS) is 16.0. The molecule has 1 aliphatic heterocycles. The van der Waals surface area contributed by atoms with E-state index in [9.17, 15) is 9.59 Å². The molecule has 1 saturated heterocycles. The van der Waals surface area contributed by atoms with Gasteiger partial charge in [0.2, 0.25) is 5.91 Å². The molecule has 0 radical (unpaired) electrons. The molecule has 3 aromatic rings. The molecule has 3 heterocycles. The number of benzene rings is 1. The Morgan fingerprint density at radius 1 is 1.15 bits per heavy atom. The number of rotatable bonds is 5. The van der Waals surface area contributed by atoms with Gasteiger partial charge in [-0.25, -0.2) is 9.67 Å². The van der Waals surface area contributed by atoms with E-state index in [1.807, 2.05) is 50.2 Å². The summed E-state index contributed by atoms with van der Waals surface area (Å²) < 4.78 is 1.66. The second-order valence-corrected chi connectivity index (χ2v) is 9.00. The predicted molar refractivity (Wildman–Crippen MR) is 128 cm³/mol. The zero-order chi connectivity index (χ0) is 23.5. The first kappa shape index (κ1) is 23.0. The second kappa shape index (κ2) is 9.75. The van der Waals surface area contributed by atoms with Crippen molar-refractivity contribution in [3.05, 3.63) is 75.7 Å². The van der Waals surface area contributed by atoms with Gasteiger partial charge >= 0.3 is 0 Å².